The molecular formula is C23H46N2O2. The topological polar surface area (TPSA) is 50.4 Å². The Bertz CT molecular complexity index is 503. The largest absolute Gasteiger partial charge is 0.380 e. The van der Waals surface area contributed by atoms with Crippen molar-refractivity contribution in [2.75, 3.05) is 6.54 Å². The molecule has 1 amide bonds. The monoisotopic (exact) mass is 382 g/mol. The lowest BCUT2D eigenvalue weighted by Gasteiger charge is -2.38. The smallest absolute Gasteiger partial charge is 0.239 e. The second kappa shape index (κ2) is 9.45. The summed E-state index contributed by atoms with van der Waals surface area (Å²) in [6.07, 6.45) is 3.03. The van der Waals surface area contributed by atoms with Crippen LogP contribution >= 0.6 is 0 Å². The van der Waals surface area contributed by atoms with E-state index in [9.17, 15) is 4.79 Å². The van der Waals surface area contributed by atoms with E-state index in [4.69, 9.17) is 4.74 Å². The maximum Gasteiger partial charge on any atom is 0.239 e. The fraction of sp³-hybridized carbons (Fsp3) is 0.870. The van der Waals surface area contributed by atoms with E-state index in [1.807, 2.05) is 13.8 Å². The Labute approximate surface area is 168 Å². The minimum absolute atomic E-state index is 0.00143. The number of carbonyl (C=O) groups excluding carboxylic acids is 1. The molecule has 0 unspecified atom stereocenters. The van der Waals surface area contributed by atoms with Crippen molar-refractivity contribution in [1.29, 1.82) is 0 Å². The highest BCUT2D eigenvalue weighted by Gasteiger charge is 2.33. The van der Waals surface area contributed by atoms with Crippen LogP contribution in [0.1, 0.15) is 95.4 Å². The van der Waals surface area contributed by atoms with Crippen LogP contribution in [-0.2, 0) is 9.53 Å². The van der Waals surface area contributed by atoms with Gasteiger partial charge in [-0.1, -0.05) is 47.6 Å². The Morgan fingerprint density at radius 1 is 1.00 bits per heavy atom. The van der Waals surface area contributed by atoms with E-state index in [0.29, 0.717) is 0 Å². The van der Waals surface area contributed by atoms with Crippen molar-refractivity contribution in [2.24, 2.45) is 10.8 Å². The van der Waals surface area contributed by atoms with Gasteiger partial charge in [-0.3, -0.25) is 4.79 Å². The summed E-state index contributed by atoms with van der Waals surface area (Å²) in [4.78, 5) is 12.5. The van der Waals surface area contributed by atoms with Crippen LogP contribution in [0.4, 0.5) is 0 Å². The van der Waals surface area contributed by atoms with Crippen LogP contribution in [0.15, 0.2) is 12.3 Å². The van der Waals surface area contributed by atoms with Gasteiger partial charge in [-0.05, 0) is 59.8 Å². The molecular weight excluding hydrogens is 336 g/mol. The minimum atomic E-state index is -0.252. The quantitative estimate of drug-likeness (QED) is 0.473. The molecule has 0 aliphatic heterocycles. The van der Waals surface area contributed by atoms with Crippen LogP contribution in [0.25, 0.3) is 0 Å². The maximum absolute atomic E-state index is 12.5. The summed E-state index contributed by atoms with van der Waals surface area (Å²) in [6, 6.07) is 0. The molecule has 0 atom stereocenters. The summed E-state index contributed by atoms with van der Waals surface area (Å²) in [5.41, 5.74) is 0.404. The SMILES string of the molecule is C=C(NCC(=O)NC(C)(C)CC(C)(C)CC)C(C)(C)CC(C)(C)OC(C)C. The minimum Gasteiger partial charge on any atom is -0.380 e. The second-order valence-corrected chi connectivity index (χ2v) is 10.9. The molecule has 160 valence electrons. The first kappa shape index (κ1) is 26.0. The first-order valence-electron chi connectivity index (χ1n) is 10.3. The van der Waals surface area contributed by atoms with Crippen LogP contribution < -0.4 is 10.6 Å². The second-order valence-electron chi connectivity index (χ2n) is 10.9. The highest BCUT2D eigenvalue weighted by Crippen LogP contribution is 2.35. The van der Waals surface area contributed by atoms with E-state index in [-0.39, 0.29) is 40.5 Å². The molecule has 0 rings (SSSR count). The lowest BCUT2D eigenvalue weighted by Crippen LogP contribution is -2.49. The Hall–Kier alpha value is -1.03. The number of allylic oxidation sites excluding steroid dienone is 1. The highest BCUT2D eigenvalue weighted by atomic mass is 16.5. The van der Waals surface area contributed by atoms with Gasteiger partial charge in [0.25, 0.3) is 0 Å². The normalized spacial score (nSPS) is 13.6. The molecule has 4 heteroatoms. The third kappa shape index (κ3) is 10.8. The molecule has 0 bridgehead atoms. The predicted molar refractivity (Wildman–Crippen MR) is 117 cm³/mol. The third-order valence-corrected chi connectivity index (χ3v) is 5.06. The fourth-order valence-electron chi connectivity index (χ4n) is 4.06. The molecule has 0 aromatic heterocycles. The number of ether oxygens (including phenoxy) is 1. The molecule has 0 saturated heterocycles. The number of amides is 1. The van der Waals surface area contributed by atoms with Gasteiger partial charge in [0.05, 0.1) is 18.2 Å². The van der Waals surface area contributed by atoms with Gasteiger partial charge in [-0.25, -0.2) is 0 Å². The van der Waals surface area contributed by atoms with Crippen molar-refractivity contribution in [1.82, 2.24) is 10.6 Å². The molecule has 0 aromatic rings. The van der Waals surface area contributed by atoms with Gasteiger partial charge in [-0.15, -0.1) is 0 Å². The van der Waals surface area contributed by atoms with E-state index in [0.717, 1.165) is 25.0 Å². The molecule has 0 spiro atoms. The van der Waals surface area contributed by atoms with Crippen LogP contribution in [0.3, 0.4) is 0 Å². The fourth-order valence-corrected chi connectivity index (χ4v) is 4.06. The van der Waals surface area contributed by atoms with Gasteiger partial charge < -0.3 is 15.4 Å². The maximum atomic E-state index is 12.5. The van der Waals surface area contributed by atoms with Gasteiger partial charge in [0.2, 0.25) is 5.91 Å². The average Bonchev–Trinajstić information content (AvgIpc) is 2.39. The molecule has 2 N–H and O–H groups in total. The van der Waals surface area contributed by atoms with Crippen LogP contribution in [-0.4, -0.2) is 29.7 Å². The molecule has 0 aromatic carbocycles. The standard InChI is InChI=1S/C23H46N2O2/c1-13-20(5,6)15-22(9,10)25-19(26)14-24-18(4)21(7,8)16-23(11,12)27-17(2)3/h17,24H,4,13-16H2,1-3,5-12H3,(H,25,26). The van der Waals surface area contributed by atoms with Gasteiger partial charge in [0.15, 0.2) is 0 Å². The number of carbonyl (C=O) groups is 1. The van der Waals surface area contributed by atoms with E-state index < -0.39 is 0 Å². The van der Waals surface area contributed by atoms with Gasteiger partial charge in [0, 0.05) is 16.7 Å². The summed E-state index contributed by atoms with van der Waals surface area (Å²) < 4.78 is 6.02. The highest BCUT2D eigenvalue weighted by molar-refractivity contribution is 5.79. The third-order valence-electron chi connectivity index (χ3n) is 5.06. The molecule has 0 radical (unpaired) electrons. The van der Waals surface area contributed by atoms with Gasteiger partial charge >= 0.3 is 0 Å². The zero-order valence-electron chi connectivity index (χ0n) is 19.9. The van der Waals surface area contributed by atoms with Crippen LogP contribution in [0, 0.1) is 10.8 Å². The Morgan fingerprint density at radius 3 is 1.96 bits per heavy atom. The molecule has 27 heavy (non-hydrogen) atoms. The predicted octanol–water partition coefficient (Wildman–Crippen LogP) is 5.43. The lowest BCUT2D eigenvalue weighted by atomic mass is 9.78. The summed E-state index contributed by atoms with van der Waals surface area (Å²) in [6.45, 7) is 27.9. The van der Waals surface area contributed by atoms with E-state index in [1.165, 1.54) is 0 Å². The van der Waals surface area contributed by atoms with Gasteiger partial charge in [0.1, 0.15) is 0 Å². The zero-order valence-corrected chi connectivity index (χ0v) is 19.9. The first-order chi connectivity index (χ1) is 11.9. The summed E-state index contributed by atoms with van der Waals surface area (Å²) in [5, 5.41) is 6.40. The molecule has 0 heterocycles. The van der Waals surface area contributed by atoms with Crippen LogP contribution in [0.2, 0.25) is 0 Å². The number of nitrogens with one attached hydrogen (secondary N) is 2. The Kier molecular flexibility index (Phi) is 9.09. The zero-order chi connectivity index (χ0) is 21.7. The van der Waals surface area contributed by atoms with E-state index >= 15 is 0 Å². The summed E-state index contributed by atoms with van der Waals surface area (Å²) in [7, 11) is 0. The summed E-state index contributed by atoms with van der Waals surface area (Å²) >= 11 is 0. The Balaban J connectivity index is 4.69. The number of hydrogen-bond donors (Lipinski definition) is 2. The van der Waals surface area contributed by atoms with Gasteiger partial charge in [-0.2, -0.15) is 0 Å². The van der Waals surface area contributed by atoms with Crippen molar-refractivity contribution in [3.05, 3.63) is 12.3 Å². The molecule has 0 aliphatic carbocycles. The van der Waals surface area contributed by atoms with Crippen molar-refractivity contribution in [3.63, 3.8) is 0 Å². The van der Waals surface area contributed by atoms with Crippen LogP contribution in [0.5, 0.6) is 0 Å². The van der Waals surface area contributed by atoms with Crippen molar-refractivity contribution < 1.29 is 9.53 Å². The van der Waals surface area contributed by atoms with E-state index in [1.54, 1.807) is 0 Å². The molecule has 0 aliphatic rings. The number of rotatable bonds is 12. The lowest BCUT2D eigenvalue weighted by molar-refractivity contribution is -0.122. The first-order valence-corrected chi connectivity index (χ1v) is 10.3. The molecule has 4 nitrogen and oxygen atoms in total. The molecule has 0 saturated carbocycles. The average molecular weight is 383 g/mol. The van der Waals surface area contributed by atoms with Crippen molar-refractivity contribution in [2.45, 2.75) is 113 Å². The van der Waals surface area contributed by atoms with Crippen molar-refractivity contribution in [3.8, 4) is 0 Å². The molecule has 0 fully saturated rings. The Morgan fingerprint density at radius 2 is 1.52 bits per heavy atom. The summed E-state index contributed by atoms with van der Waals surface area (Å²) in [5.74, 6) is 0.00143. The van der Waals surface area contributed by atoms with Crippen molar-refractivity contribution >= 4 is 5.91 Å². The number of hydrogen-bond acceptors (Lipinski definition) is 3. The van der Waals surface area contributed by atoms with E-state index in [2.05, 4.69) is 79.5 Å².